The van der Waals surface area contributed by atoms with Gasteiger partial charge in [0.1, 0.15) is 11.4 Å². The second-order valence-corrected chi connectivity index (χ2v) is 11.5. The number of hydrogen-bond donors (Lipinski definition) is 1. The maximum absolute atomic E-state index is 13.8. The van der Waals surface area contributed by atoms with Crippen molar-refractivity contribution in [3.8, 4) is 5.75 Å². The minimum Gasteiger partial charge on any atom is -0.486 e. The summed E-state index contributed by atoms with van der Waals surface area (Å²) < 4.78 is 48.2. The van der Waals surface area contributed by atoms with Gasteiger partial charge in [-0.2, -0.15) is 13.2 Å². The van der Waals surface area contributed by atoms with Gasteiger partial charge in [-0.05, 0) is 99.6 Å². The molecule has 1 N–H and O–H groups in total. The van der Waals surface area contributed by atoms with E-state index < -0.39 is 29.2 Å². The zero-order valence-electron chi connectivity index (χ0n) is 21.8. The van der Waals surface area contributed by atoms with E-state index >= 15 is 0 Å². The van der Waals surface area contributed by atoms with Crippen LogP contribution in [0.25, 0.3) is 0 Å². The number of halogens is 3. The lowest BCUT2D eigenvalue weighted by molar-refractivity contribution is -0.142. The van der Waals surface area contributed by atoms with Gasteiger partial charge in [0.2, 0.25) is 0 Å². The number of nitrogens with zero attached hydrogens (tertiary/aromatic N) is 1. The van der Waals surface area contributed by atoms with Gasteiger partial charge < -0.3 is 9.84 Å². The smallest absolute Gasteiger partial charge is 0.416 e. The molecule has 3 aliphatic rings. The van der Waals surface area contributed by atoms with E-state index in [0.717, 1.165) is 67.5 Å². The molecule has 1 aliphatic carbocycles. The van der Waals surface area contributed by atoms with Gasteiger partial charge in [-0.1, -0.05) is 36.8 Å². The number of rotatable bonds is 6. The number of piperidine rings is 1. The van der Waals surface area contributed by atoms with E-state index in [1.54, 1.807) is 13.0 Å². The second kappa shape index (κ2) is 9.64. The molecule has 1 unspecified atom stereocenters. The van der Waals surface area contributed by atoms with E-state index in [1.807, 2.05) is 19.9 Å². The summed E-state index contributed by atoms with van der Waals surface area (Å²) in [5.41, 5.74) is 2.26. The summed E-state index contributed by atoms with van der Waals surface area (Å²) in [5.74, 6) is -0.0725. The summed E-state index contributed by atoms with van der Waals surface area (Å²) in [4.78, 5) is 13.9. The summed E-state index contributed by atoms with van der Waals surface area (Å²) in [5, 5.41) is 9.68. The van der Waals surface area contributed by atoms with Crippen molar-refractivity contribution in [3.05, 3.63) is 64.2 Å². The Morgan fingerprint density at radius 2 is 1.89 bits per heavy atom. The molecule has 2 heterocycles. The SMILES string of the molecule is Cc1ccc(C(F)(F)F)c([C@@H](C)N2CCCC3(CCc4ccc([C@H](C5CC5)[C@H](C)C(=O)O)cc4O3)C2)c1. The minimum absolute atomic E-state index is 0.0331. The van der Waals surface area contributed by atoms with Crippen LogP contribution in [0.4, 0.5) is 13.2 Å². The maximum atomic E-state index is 13.8. The van der Waals surface area contributed by atoms with E-state index in [-0.39, 0.29) is 12.0 Å². The molecule has 0 amide bonds. The van der Waals surface area contributed by atoms with Gasteiger partial charge in [-0.15, -0.1) is 0 Å². The van der Waals surface area contributed by atoms with E-state index in [4.69, 9.17) is 4.74 Å². The average Bonchev–Trinajstić information content (AvgIpc) is 3.67. The van der Waals surface area contributed by atoms with Crippen LogP contribution in [0.5, 0.6) is 5.75 Å². The number of carboxylic acid groups (broad SMARTS) is 1. The van der Waals surface area contributed by atoms with E-state index in [1.165, 1.54) is 12.1 Å². The summed E-state index contributed by atoms with van der Waals surface area (Å²) in [6.07, 6.45) is 1.09. The van der Waals surface area contributed by atoms with Gasteiger partial charge in [0.25, 0.3) is 0 Å². The lowest BCUT2D eigenvalue weighted by atomic mass is 9.80. The predicted molar refractivity (Wildman–Crippen MR) is 136 cm³/mol. The van der Waals surface area contributed by atoms with Crippen molar-refractivity contribution in [1.82, 2.24) is 4.90 Å². The fourth-order valence-electron chi connectivity index (χ4n) is 6.54. The molecule has 200 valence electrons. The van der Waals surface area contributed by atoms with E-state index in [2.05, 4.69) is 17.0 Å². The number of aryl methyl sites for hydroxylation is 2. The van der Waals surface area contributed by atoms with Crippen molar-refractivity contribution >= 4 is 5.97 Å². The van der Waals surface area contributed by atoms with Crippen molar-refractivity contribution in [2.75, 3.05) is 13.1 Å². The van der Waals surface area contributed by atoms with Crippen LogP contribution in [0.1, 0.15) is 85.7 Å². The van der Waals surface area contributed by atoms with Gasteiger partial charge in [-0.25, -0.2) is 0 Å². The van der Waals surface area contributed by atoms with Gasteiger partial charge in [0.05, 0.1) is 11.5 Å². The van der Waals surface area contributed by atoms with Crippen LogP contribution in [0.15, 0.2) is 36.4 Å². The fraction of sp³-hybridized carbons (Fsp3) is 0.567. The highest BCUT2D eigenvalue weighted by atomic mass is 19.4. The molecule has 7 heteroatoms. The number of fused-ring (bicyclic) bond motifs is 1. The number of carboxylic acids is 1. The lowest BCUT2D eigenvalue weighted by Gasteiger charge is -2.47. The molecule has 0 aromatic heterocycles. The molecule has 0 radical (unpaired) electrons. The van der Waals surface area contributed by atoms with Gasteiger partial charge in [0.15, 0.2) is 0 Å². The molecule has 1 saturated carbocycles. The third-order valence-electron chi connectivity index (χ3n) is 8.79. The van der Waals surface area contributed by atoms with Gasteiger partial charge in [-0.3, -0.25) is 9.69 Å². The number of likely N-dealkylation sites (tertiary alicyclic amines) is 1. The third-order valence-corrected chi connectivity index (χ3v) is 8.79. The first-order valence-corrected chi connectivity index (χ1v) is 13.4. The average molecular weight is 516 g/mol. The normalized spacial score (nSPS) is 24.7. The molecule has 2 fully saturated rings. The zero-order chi connectivity index (χ0) is 26.5. The molecule has 1 saturated heterocycles. The molecule has 2 aromatic carbocycles. The highest BCUT2D eigenvalue weighted by Gasteiger charge is 2.44. The van der Waals surface area contributed by atoms with E-state index in [0.29, 0.717) is 18.0 Å². The van der Waals surface area contributed by atoms with Crippen molar-refractivity contribution in [3.63, 3.8) is 0 Å². The zero-order valence-corrected chi connectivity index (χ0v) is 21.8. The number of hydrogen-bond acceptors (Lipinski definition) is 3. The molecular formula is C30H36F3NO3. The van der Waals surface area contributed by atoms with Crippen LogP contribution in [-0.2, 0) is 17.4 Å². The van der Waals surface area contributed by atoms with Crippen molar-refractivity contribution in [1.29, 1.82) is 0 Å². The number of alkyl halides is 3. The first kappa shape index (κ1) is 26.1. The fourth-order valence-corrected chi connectivity index (χ4v) is 6.54. The first-order valence-electron chi connectivity index (χ1n) is 13.4. The molecular weight excluding hydrogens is 479 g/mol. The summed E-state index contributed by atoms with van der Waals surface area (Å²) in [7, 11) is 0. The Balaban J connectivity index is 1.40. The standard InChI is InChI=1S/C30H36F3NO3/c1-18-5-10-25(30(31,32)33)24(15-18)20(3)34-14-4-12-29(17-34)13-11-21-6-9-23(16-26(21)37-29)27(22-7-8-22)19(2)28(35)36/h5-6,9-10,15-16,19-20,22,27H,4,7-8,11-14,17H2,1-3H3,(H,35,36)/t19-,20+,27-,29?/m0/s1. The van der Waals surface area contributed by atoms with Gasteiger partial charge >= 0.3 is 12.1 Å². The highest BCUT2D eigenvalue weighted by molar-refractivity contribution is 5.71. The van der Waals surface area contributed by atoms with Crippen LogP contribution in [0.2, 0.25) is 0 Å². The Hall–Kier alpha value is -2.54. The lowest BCUT2D eigenvalue weighted by Crippen LogP contribution is -2.54. The number of benzene rings is 2. The topological polar surface area (TPSA) is 49.8 Å². The minimum atomic E-state index is -4.40. The monoisotopic (exact) mass is 515 g/mol. The summed E-state index contributed by atoms with van der Waals surface area (Å²) >= 11 is 0. The molecule has 37 heavy (non-hydrogen) atoms. The van der Waals surface area contributed by atoms with Crippen LogP contribution >= 0.6 is 0 Å². The Kier molecular flexibility index (Phi) is 6.80. The van der Waals surface area contributed by atoms with Crippen molar-refractivity contribution in [2.45, 2.75) is 83.0 Å². The number of aliphatic carboxylic acids is 1. The predicted octanol–water partition coefficient (Wildman–Crippen LogP) is 7.15. The molecule has 4 atom stereocenters. The van der Waals surface area contributed by atoms with Crippen LogP contribution in [0.3, 0.4) is 0 Å². The Morgan fingerprint density at radius 1 is 1.14 bits per heavy atom. The molecule has 0 bridgehead atoms. The number of ether oxygens (including phenoxy) is 1. The van der Waals surface area contributed by atoms with Crippen LogP contribution in [-0.4, -0.2) is 34.7 Å². The second-order valence-electron chi connectivity index (χ2n) is 11.5. The van der Waals surface area contributed by atoms with Crippen LogP contribution < -0.4 is 4.74 Å². The highest BCUT2D eigenvalue weighted by Crippen LogP contribution is 2.49. The molecule has 1 spiro atoms. The van der Waals surface area contributed by atoms with Crippen LogP contribution in [0, 0.1) is 18.8 Å². The summed E-state index contributed by atoms with van der Waals surface area (Å²) in [6, 6.07) is 10.2. The molecule has 5 rings (SSSR count). The molecule has 4 nitrogen and oxygen atoms in total. The quantitative estimate of drug-likeness (QED) is 0.444. The molecule has 2 aromatic rings. The Labute approximate surface area is 216 Å². The third kappa shape index (κ3) is 5.25. The largest absolute Gasteiger partial charge is 0.486 e. The maximum Gasteiger partial charge on any atom is 0.416 e. The van der Waals surface area contributed by atoms with Crippen molar-refractivity contribution < 1.29 is 27.8 Å². The van der Waals surface area contributed by atoms with Gasteiger partial charge in [0, 0.05) is 12.6 Å². The first-order chi connectivity index (χ1) is 17.5. The Morgan fingerprint density at radius 3 is 2.57 bits per heavy atom. The molecule has 2 aliphatic heterocycles. The van der Waals surface area contributed by atoms with E-state index in [9.17, 15) is 23.1 Å². The number of carbonyl (C=O) groups is 1. The Bertz CT molecular complexity index is 1180. The summed E-state index contributed by atoms with van der Waals surface area (Å²) in [6.45, 7) is 6.78. The van der Waals surface area contributed by atoms with Crippen molar-refractivity contribution in [2.24, 2.45) is 11.8 Å².